The highest BCUT2D eigenvalue weighted by atomic mass is 19.1. The van der Waals surface area contributed by atoms with Crippen molar-refractivity contribution in [3.63, 3.8) is 0 Å². The summed E-state index contributed by atoms with van der Waals surface area (Å²) in [5, 5.41) is 3.28. The van der Waals surface area contributed by atoms with Crippen molar-refractivity contribution in [1.82, 2.24) is 5.32 Å². The van der Waals surface area contributed by atoms with Crippen molar-refractivity contribution in [3.8, 4) is 0 Å². The van der Waals surface area contributed by atoms with E-state index in [4.69, 9.17) is 0 Å². The number of rotatable bonds is 6. The summed E-state index contributed by atoms with van der Waals surface area (Å²) in [7, 11) is 0. The van der Waals surface area contributed by atoms with Gasteiger partial charge >= 0.3 is 0 Å². The van der Waals surface area contributed by atoms with Gasteiger partial charge in [0.1, 0.15) is 11.6 Å². The maximum atomic E-state index is 13.2. The SMILES string of the molecule is C=C(C)CC(NCCC)c1cc(F)cc(F)c1. The van der Waals surface area contributed by atoms with Crippen molar-refractivity contribution >= 4 is 0 Å². The van der Waals surface area contributed by atoms with E-state index >= 15 is 0 Å². The number of benzene rings is 1. The highest BCUT2D eigenvalue weighted by Crippen LogP contribution is 2.22. The second kappa shape index (κ2) is 6.50. The Morgan fingerprint density at radius 2 is 1.88 bits per heavy atom. The number of nitrogens with one attached hydrogen (secondary N) is 1. The number of halogens is 2. The molecule has 3 heteroatoms. The molecule has 0 heterocycles. The molecule has 0 aliphatic carbocycles. The second-order valence-electron chi connectivity index (χ2n) is 4.37. The molecule has 0 saturated heterocycles. The van der Waals surface area contributed by atoms with E-state index < -0.39 is 11.6 Å². The lowest BCUT2D eigenvalue weighted by Crippen LogP contribution is -2.22. The van der Waals surface area contributed by atoms with Gasteiger partial charge in [-0.05, 0) is 44.0 Å². The molecule has 0 saturated carbocycles. The molecule has 0 aliphatic rings. The molecule has 0 radical (unpaired) electrons. The van der Waals surface area contributed by atoms with E-state index in [1.807, 2.05) is 6.92 Å². The van der Waals surface area contributed by atoms with Crippen LogP contribution in [-0.2, 0) is 0 Å². The fourth-order valence-corrected chi connectivity index (χ4v) is 1.75. The molecule has 1 nitrogen and oxygen atoms in total. The summed E-state index contributed by atoms with van der Waals surface area (Å²) in [6, 6.07) is 3.57. The molecule has 0 bridgehead atoms. The average Bonchev–Trinajstić information content (AvgIpc) is 2.22. The van der Waals surface area contributed by atoms with Gasteiger partial charge in [0.05, 0.1) is 0 Å². The fourth-order valence-electron chi connectivity index (χ4n) is 1.75. The van der Waals surface area contributed by atoms with Crippen molar-refractivity contribution in [1.29, 1.82) is 0 Å². The van der Waals surface area contributed by atoms with Crippen LogP contribution in [0.15, 0.2) is 30.4 Å². The van der Waals surface area contributed by atoms with E-state index in [9.17, 15) is 8.78 Å². The molecule has 1 atom stereocenters. The first-order chi connectivity index (χ1) is 8.02. The predicted molar refractivity (Wildman–Crippen MR) is 66.8 cm³/mol. The summed E-state index contributed by atoms with van der Waals surface area (Å²) in [5.74, 6) is -1.07. The van der Waals surface area contributed by atoms with E-state index in [2.05, 4.69) is 18.8 Å². The van der Waals surface area contributed by atoms with Crippen molar-refractivity contribution < 1.29 is 8.78 Å². The Morgan fingerprint density at radius 1 is 1.29 bits per heavy atom. The molecule has 1 N–H and O–H groups in total. The van der Waals surface area contributed by atoms with Crippen molar-refractivity contribution in [3.05, 3.63) is 47.5 Å². The quantitative estimate of drug-likeness (QED) is 0.741. The Morgan fingerprint density at radius 3 is 2.35 bits per heavy atom. The van der Waals surface area contributed by atoms with E-state index in [0.717, 1.165) is 24.6 Å². The molecule has 0 aromatic heterocycles. The predicted octanol–water partition coefficient (Wildman–Crippen LogP) is 3.97. The van der Waals surface area contributed by atoms with Gasteiger partial charge in [-0.25, -0.2) is 8.78 Å². The zero-order valence-corrected chi connectivity index (χ0v) is 10.4. The third-order valence-electron chi connectivity index (χ3n) is 2.48. The summed E-state index contributed by atoms with van der Waals surface area (Å²) >= 11 is 0. The lowest BCUT2D eigenvalue weighted by Gasteiger charge is -2.19. The van der Waals surface area contributed by atoms with Gasteiger partial charge < -0.3 is 5.32 Å². The highest BCUT2D eigenvalue weighted by molar-refractivity contribution is 5.22. The van der Waals surface area contributed by atoms with E-state index in [-0.39, 0.29) is 6.04 Å². The minimum atomic E-state index is -0.537. The van der Waals surface area contributed by atoms with Crippen LogP contribution in [0.1, 0.15) is 38.3 Å². The Kier molecular flexibility index (Phi) is 5.29. The van der Waals surface area contributed by atoms with Gasteiger partial charge in [0, 0.05) is 12.1 Å². The maximum Gasteiger partial charge on any atom is 0.126 e. The number of hydrogen-bond acceptors (Lipinski definition) is 1. The van der Waals surface area contributed by atoms with Gasteiger partial charge in [0.2, 0.25) is 0 Å². The first-order valence-electron chi connectivity index (χ1n) is 5.86. The van der Waals surface area contributed by atoms with Crippen LogP contribution < -0.4 is 5.32 Å². The number of hydrogen-bond donors (Lipinski definition) is 1. The monoisotopic (exact) mass is 239 g/mol. The Hall–Kier alpha value is -1.22. The lowest BCUT2D eigenvalue weighted by molar-refractivity contribution is 0.514. The summed E-state index contributed by atoms with van der Waals surface area (Å²) in [6.45, 7) is 8.63. The van der Waals surface area contributed by atoms with Gasteiger partial charge in [-0.2, -0.15) is 0 Å². The molecule has 94 valence electrons. The van der Waals surface area contributed by atoms with Gasteiger partial charge in [-0.1, -0.05) is 12.5 Å². The molecule has 0 fully saturated rings. The molecule has 1 rings (SSSR count). The summed E-state index contributed by atoms with van der Waals surface area (Å²) in [5.41, 5.74) is 1.63. The van der Waals surface area contributed by atoms with Crippen LogP contribution >= 0.6 is 0 Å². The minimum absolute atomic E-state index is 0.0716. The third kappa shape index (κ3) is 4.65. The Labute approximate surface area is 102 Å². The normalized spacial score (nSPS) is 12.5. The van der Waals surface area contributed by atoms with E-state index in [1.54, 1.807) is 0 Å². The zero-order chi connectivity index (χ0) is 12.8. The second-order valence-corrected chi connectivity index (χ2v) is 4.37. The molecular weight excluding hydrogens is 220 g/mol. The van der Waals surface area contributed by atoms with Crippen molar-refractivity contribution in [2.75, 3.05) is 6.54 Å². The standard InChI is InChI=1S/C14H19F2N/c1-4-5-17-14(6-10(2)3)11-7-12(15)9-13(16)8-11/h7-9,14,17H,2,4-6H2,1,3H3. The highest BCUT2D eigenvalue weighted by Gasteiger charge is 2.13. The summed E-state index contributed by atoms with van der Waals surface area (Å²) in [6.07, 6.45) is 1.66. The van der Waals surface area contributed by atoms with Crippen LogP contribution in [0.4, 0.5) is 8.78 Å². The Bertz CT molecular complexity index is 368. The summed E-state index contributed by atoms with van der Waals surface area (Å²) < 4.78 is 26.3. The van der Waals surface area contributed by atoms with Gasteiger partial charge in [-0.15, -0.1) is 6.58 Å². The molecule has 1 aromatic carbocycles. The topological polar surface area (TPSA) is 12.0 Å². The first kappa shape index (κ1) is 13.8. The molecule has 0 spiro atoms. The van der Waals surface area contributed by atoms with E-state index in [0.29, 0.717) is 12.0 Å². The van der Waals surface area contributed by atoms with Gasteiger partial charge in [-0.3, -0.25) is 0 Å². The molecule has 1 unspecified atom stereocenters. The third-order valence-corrected chi connectivity index (χ3v) is 2.48. The fraction of sp³-hybridized carbons (Fsp3) is 0.429. The van der Waals surface area contributed by atoms with Crippen molar-refractivity contribution in [2.45, 2.75) is 32.7 Å². The van der Waals surface area contributed by atoms with Crippen molar-refractivity contribution in [2.24, 2.45) is 0 Å². The van der Waals surface area contributed by atoms with Gasteiger partial charge in [0.25, 0.3) is 0 Å². The first-order valence-corrected chi connectivity index (χ1v) is 5.86. The van der Waals surface area contributed by atoms with Crippen LogP contribution in [0.5, 0.6) is 0 Å². The van der Waals surface area contributed by atoms with Crippen LogP contribution in [0, 0.1) is 11.6 Å². The van der Waals surface area contributed by atoms with Crippen LogP contribution in [0.2, 0.25) is 0 Å². The Balaban J connectivity index is 2.90. The van der Waals surface area contributed by atoms with Gasteiger partial charge in [0.15, 0.2) is 0 Å². The molecular formula is C14H19F2N. The zero-order valence-electron chi connectivity index (χ0n) is 10.4. The average molecular weight is 239 g/mol. The largest absolute Gasteiger partial charge is 0.310 e. The van der Waals surface area contributed by atoms with E-state index in [1.165, 1.54) is 12.1 Å². The smallest absolute Gasteiger partial charge is 0.126 e. The minimum Gasteiger partial charge on any atom is -0.310 e. The van der Waals surface area contributed by atoms with Crippen LogP contribution in [0.25, 0.3) is 0 Å². The molecule has 0 amide bonds. The molecule has 1 aromatic rings. The van der Waals surface area contributed by atoms with Crippen LogP contribution in [-0.4, -0.2) is 6.54 Å². The summed E-state index contributed by atoms with van der Waals surface area (Å²) in [4.78, 5) is 0. The molecule has 17 heavy (non-hydrogen) atoms. The van der Waals surface area contributed by atoms with Crippen LogP contribution in [0.3, 0.4) is 0 Å². The molecule has 0 aliphatic heterocycles. The lowest BCUT2D eigenvalue weighted by atomic mass is 10.00. The maximum absolute atomic E-state index is 13.2.